The molecule has 0 saturated carbocycles. The third kappa shape index (κ3) is 6.53. The van der Waals surface area contributed by atoms with Gasteiger partial charge in [-0.2, -0.15) is 15.0 Å². The van der Waals surface area contributed by atoms with Crippen molar-refractivity contribution in [2.75, 3.05) is 51.2 Å². The average Bonchev–Trinajstić information content (AvgIpc) is 3.27. The van der Waals surface area contributed by atoms with Gasteiger partial charge in [-0.25, -0.2) is 15.0 Å². The number of azo groups is 1. The summed E-state index contributed by atoms with van der Waals surface area (Å²) in [5, 5.41) is 29.1. The van der Waals surface area contributed by atoms with E-state index in [2.05, 4.69) is 47.0 Å². The van der Waals surface area contributed by atoms with Crippen LogP contribution in [0.3, 0.4) is 0 Å². The van der Waals surface area contributed by atoms with Crippen molar-refractivity contribution in [2.45, 2.75) is 19.8 Å². The van der Waals surface area contributed by atoms with Crippen molar-refractivity contribution in [1.82, 2.24) is 24.7 Å². The van der Waals surface area contributed by atoms with Crippen LogP contribution >= 0.6 is 0 Å². The van der Waals surface area contributed by atoms with E-state index >= 15 is 0 Å². The van der Waals surface area contributed by atoms with E-state index in [1.807, 2.05) is 13.0 Å². The fraction of sp³-hybridized carbons (Fsp3) is 0.409. The molecule has 0 unspecified atom stereocenters. The van der Waals surface area contributed by atoms with Crippen LogP contribution in [0.4, 0.5) is 23.1 Å². The Morgan fingerprint density at radius 3 is 2.44 bits per heavy atom. The van der Waals surface area contributed by atoms with E-state index < -0.39 is 0 Å². The number of nitrogens with one attached hydrogen (secondary N) is 2. The molecule has 3 aromatic rings. The third-order valence-corrected chi connectivity index (χ3v) is 4.68. The molecule has 0 aromatic carbocycles. The quantitative estimate of drug-likeness (QED) is 0.286. The van der Waals surface area contributed by atoms with Gasteiger partial charge in [0.15, 0.2) is 11.6 Å². The van der Waals surface area contributed by atoms with Gasteiger partial charge < -0.3 is 20.1 Å². The summed E-state index contributed by atoms with van der Waals surface area (Å²) in [5.74, 6) is 1.83. The fourth-order valence-corrected chi connectivity index (χ4v) is 3.02. The molecular formula is C22H28N10O2. The number of nitriles is 1. The normalized spacial score (nSPS) is 11.0. The highest BCUT2D eigenvalue weighted by Gasteiger charge is 2.15. The molecule has 0 saturated heterocycles. The predicted octanol–water partition coefficient (Wildman–Crippen LogP) is 3.55. The van der Waals surface area contributed by atoms with E-state index in [1.54, 1.807) is 32.7 Å². The molecule has 3 aromatic heterocycles. The Hall–Kier alpha value is -3.95. The van der Waals surface area contributed by atoms with Crippen molar-refractivity contribution in [3.05, 3.63) is 41.9 Å². The standard InChI is InChI=1S/C22H28N10O2/c1-16-13-18(24-9-5-11-33-2)29-20(25-10-6-12-34-3)19(16)30-31-21-17(14-23)15-28-32(21)22-26-7-4-8-27-22/h4,7-8,13,15H,5-6,9-12H2,1-3H3,(H2,24,25,29)/b31-30+. The van der Waals surface area contributed by atoms with E-state index in [4.69, 9.17) is 9.47 Å². The van der Waals surface area contributed by atoms with Crippen molar-refractivity contribution < 1.29 is 9.47 Å². The van der Waals surface area contributed by atoms with Crippen molar-refractivity contribution in [3.8, 4) is 12.0 Å². The summed E-state index contributed by atoms with van der Waals surface area (Å²) < 4.78 is 11.6. The number of methoxy groups -OCH3 is 2. The van der Waals surface area contributed by atoms with Gasteiger partial charge in [-0.3, -0.25) is 0 Å². The predicted molar refractivity (Wildman–Crippen MR) is 127 cm³/mol. The first kappa shape index (κ1) is 24.7. The van der Waals surface area contributed by atoms with Gasteiger partial charge in [-0.1, -0.05) is 0 Å². The summed E-state index contributed by atoms with van der Waals surface area (Å²) in [5.41, 5.74) is 1.68. The second-order valence-electron chi connectivity index (χ2n) is 7.22. The fourth-order valence-electron chi connectivity index (χ4n) is 3.02. The zero-order valence-corrected chi connectivity index (χ0v) is 19.5. The van der Waals surface area contributed by atoms with Gasteiger partial charge in [-0.05, 0) is 37.5 Å². The number of ether oxygens (including phenoxy) is 2. The van der Waals surface area contributed by atoms with E-state index in [-0.39, 0.29) is 11.4 Å². The number of anilines is 2. The summed E-state index contributed by atoms with van der Waals surface area (Å²) in [6.45, 7) is 4.60. The largest absolute Gasteiger partial charge is 0.385 e. The minimum Gasteiger partial charge on any atom is -0.385 e. The Morgan fingerprint density at radius 1 is 1.06 bits per heavy atom. The van der Waals surface area contributed by atoms with Gasteiger partial charge in [-0.15, -0.1) is 10.2 Å². The summed E-state index contributed by atoms with van der Waals surface area (Å²) >= 11 is 0. The highest BCUT2D eigenvalue weighted by Crippen LogP contribution is 2.32. The lowest BCUT2D eigenvalue weighted by atomic mass is 10.2. The molecule has 0 atom stereocenters. The maximum atomic E-state index is 9.51. The summed E-state index contributed by atoms with van der Waals surface area (Å²) in [4.78, 5) is 13.0. The van der Waals surface area contributed by atoms with Crippen LogP contribution in [-0.4, -0.2) is 65.3 Å². The monoisotopic (exact) mass is 464 g/mol. The minimum atomic E-state index is 0.236. The van der Waals surface area contributed by atoms with Crippen molar-refractivity contribution in [3.63, 3.8) is 0 Å². The third-order valence-electron chi connectivity index (χ3n) is 4.68. The molecule has 12 heteroatoms. The molecule has 0 aliphatic rings. The molecule has 0 radical (unpaired) electrons. The van der Waals surface area contributed by atoms with Gasteiger partial charge >= 0.3 is 0 Å². The Labute approximate surface area is 198 Å². The Morgan fingerprint density at radius 2 is 1.76 bits per heavy atom. The first-order chi connectivity index (χ1) is 16.7. The molecule has 0 fully saturated rings. The van der Waals surface area contributed by atoms with Gasteiger partial charge in [0.2, 0.25) is 0 Å². The number of aromatic nitrogens is 5. The van der Waals surface area contributed by atoms with Crippen LogP contribution in [-0.2, 0) is 9.47 Å². The molecule has 3 heterocycles. The van der Waals surface area contributed by atoms with Crippen molar-refractivity contribution >= 4 is 23.1 Å². The Kier molecular flexibility index (Phi) is 9.39. The zero-order chi connectivity index (χ0) is 24.2. The van der Waals surface area contributed by atoms with E-state index in [0.29, 0.717) is 37.2 Å². The van der Waals surface area contributed by atoms with E-state index in [0.717, 1.165) is 30.8 Å². The topological polar surface area (TPSA) is 148 Å². The molecule has 0 amide bonds. The number of hydrogen-bond acceptors (Lipinski definition) is 11. The lowest BCUT2D eigenvalue weighted by Gasteiger charge is -2.13. The number of rotatable bonds is 13. The lowest BCUT2D eigenvalue weighted by Crippen LogP contribution is -2.10. The van der Waals surface area contributed by atoms with Crippen LogP contribution in [0.25, 0.3) is 5.95 Å². The molecule has 178 valence electrons. The number of aryl methyl sites for hydroxylation is 1. The first-order valence-corrected chi connectivity index (χ1v) is 10.8. The average molecular weight is 465 g/mol. The second kappa shape index (κ2) is 12.9. The molecule has 0 spiro atoms. The number of hydrogen-bond donors (Lipinski definition) is 2. The molecule has 2 N–H and O–H groups in total. The van der Waals surface area contributed by atoms with Crippen LogP contribution in [0.5, 0.6) is 0 Å². The highest BCUT2D eigenvalue weighted by atomic mass is 16.5. The van der Waals surface area contributed by atoms with Gasteiger partial charge in [0, 0.05) is 52.9 Å². The second-order valence-corrected chi connectivity index (χ2v) is 7.22. The van der Waals surface area contributed by atoms with Gasteiger partial charge in [0.25, 0.3) is 5.95 Å². The van der Waals surface area contributed by atoms with Gasteiger partial charge in [0.05, 0.1) is 6.20 Å². The maximum absolute atomic E-state index is 9.51. The molecule has 3 rings (SSSR count). The minimum absolute atomic E-state index is 0.236. The van der Waals surface area contributed by atoms with Crippen LogP contribution in [0.1, 0.15) is 24.0 Å². The molecule has 0 aliphatic heterocycles. The van der Waals surface area contributed by atoms with Crippen LogP contribution in [0, 0.1) is 18.3 Å². The van der Waals surface area contributed by atoms with Crippen molar-refractivity contribution in [1.29, 1.82) is 5.26 Å². The number of nitrogens with zero attached hydrogens (tertiary/aromatic N) is 8. The lowest BCUT2D eigenvalue weighted by molar-refractivity contribution is 0.197. The zero-order valence-electron chi connectivity index (χ0n) is 19.5. The van der Waals surface area contributed by atoms with Gasteiger partial charge in [0.1, 0.15) is 23.1 Å². The summed E-state index contributed by atoms with van der Waals surface area (Å²) in [7, 11) is 3.34. The van der Waals surface area contributed by atoms with Crippen molar-refractivity contribution in [2.24, 2.45) is 10.2 Å². The summed E-state index contributed by atoms with van der Waals surface area (Å²) in [6, 6.07) is 5.69. The Bertz CT molecular complexity index is 1120. The molecule has 0 bridgehead atoms. The number of pyridine rings is 1. The molecule has 34 heavy (non-hydrogen) atoms. The summed E-state index contributed by atoms with van der Waals surface area (Å²) in [6.07, 6.45) is 6.25. The van der Waals surface area contributed by atoms with Crippen LogP contribution in [0.15, 0.2) is 41.0 Å². The smallest absolute Gasteiger partial charge is 0.252 e. The van der Waals surface area contributed by atoms with Crippen LogP contribution in [0.2, 0.25) is 0 Å². The molecule has 12 nitrogen and oxygen atoms in total. The van der Waals surface area contributed by atoms with Crippen LogP contribution < -0.4 is 10.6 Å². The first-order valence-electron chi connectivity index (χ1n) is 10.8. The maximum Gasteiger partial charge on any atom is 0.252 e. The molecule has 0 aliphatic carbocycles. The molecular weight excluding hydrogens is 436 g/mol. The highest BCUT2D eigenvalue weighted by molar-refractivity contribution is 5.68. The Balaban J connectivity index is 1.92. The van der Waals surface area contributed by atoms with E-state index in [9.17, 15) is 5.26 Å². The van der Waals surface area contributed by atoms with E-state index in [1.165, 1.54) is 10.9 Å². The SMILES string of the molecule is COCCCNc1cc(C)c(/N=N/c2c(C#N)cnn2-c2ncccn2)c(NCCCOC)n1.